The highest BCUT2D eigenvalue weighted by Crippen LogP contribution is 2.27. The number of pyridine rings is 1. The molecule has 0 atom stereocenters. The smallest absolute Gasteiger partial charge is 0.136 e. The van der Waals surface area contributed by atoms with E-state index in [9.17, 15) is 0 Å². The van der Waals surface area contributed by atoms with Crippen LogP contribution in [0.2, 0.25) is 0 Å². The standard InChI is InChI=1S/C25H31N5O3/c1-3-22(26)21-7-8-23(29-25(21)28-18-10-13-32-14-11-18)24-9-12-27-30(24)19-5-4-6-20(17-19)33-16-15-31-2/h4-9,12,17-18,26H,3,10-11,13-16H2,1-2H3,(H,28,29). The number of nitrogens with zero attached hydrogens (tertiary/aromatic N) is 3. The second kappa shape index (κ2) is 11.1. The molecule has 8 heteroatoms. The number of rotatable bonds is 10. The molecule has 2 N–H and O–H groups in total. The highest BCUT2D eigenvalue weighted by atomic mass is 16.5. The van der Waals surface area contributed by atoms with Gasteiger partial charge < -0.3 is 24.9 Å². The maximum Gasteiger partial charge on any atom is 0.136 e. The van der Waals surface area contributed by atoms with Crippen LogP contribution in [0, 0.1) is 5.41 Å². The number of anilines is 1. The molecule has 1 fully saturated rings. The number of hydrogen-bond donors (Lipinski definition) is 2. The fraction of sp³-hybridized carbons (Fsp3) is 0.400. The van der Waals surface area contributed by atoms with Crippen molar-refractivity contribution in [1.29, 1.82) is 5.41 Å². The van der Waals surface area contributed by atoms with Crippen molar-refractivity contribution in [2.75, 3.05) is 38.9 Å². The summed E-state index contributed by atoms with van der Waals surface area (Å²) >= 11 is 0. The Morgan fingerprint density at radius 2 is 2.03 bits per heavy atom. The first-order valence-corrected chi connectivity index (χ1v) is 11.4. The molecule has 1 aliphatic rings. The number of ether oxygens (including phenoxy) is 3. The average molecular weight is 450 g/mol. The van der Waals surface area contributed by atoms with E-state index >= 15 is 0 Å². The minimum atomic E-state index is 0.288. The molecule has 8 nitrogen and oxygen atoms in total. The fourth-order valence-corrected chi connectivity index (χ4v) is 3.83. The van der Waals surface area contributed by atoms with Crippen LogP contribution in [-0.4, -0.2) is 60.1 Å². The Balaban J connectivity index is 1.65. The first kappa shape index (κ1) is 22.9. The number of methoxy groups -OCH3 is 1. The van der Waals surface area contributed by atoms with E-state index in [0.29, 0.717) is 25.3 Å². The van der Waals surface area contributed by atoms with Gasteiger partial charge in [-0.3, -0.25) is 0 Å². The molecule has 1 saturated heterocycles. The quantitative estimate of drug-likeness (QED) is 0.353. The van der Waals surface area contributed by atoms with Crippen LogP contribution in [0.1, 0.15) is 31.7 Å². The zero-order chi connectivity index (χ0) is 23.0. The summed E-state index contributed by atoms with van der Waals surface area (Å²) < 4.78 is 18.2. The molecule has 0 aliphatic carbocycles. The van der Waals surface area contributed by atoms with Gasteiger partial charge >= 0.3 is 0 Å². The molecule has 3 heterocycles. The lowest BCUT2D eigenvalue weighted by Gasteiger charge is -2.25. The van der Waals surface area contributed by atoms with Gasteiger partial charge in [0.1, 0.15) is 18.2 Å². The lowest BCUT2D eigenvalue weighted by atomic mass is 10.1. The molecule has 0 saturated carbocycles. The summed E-state index contributed by atoms with van der Waals surface area (Å²) in [7, 11) is 1.65. The topological polar surface area (TPSA) is 94.3 Å². The summed E-state index contributed by atoms with van der Waals surface area (Å²) in [6.07, 6.45) is 4.28. The highest BCUT2D eigenvalue weighted by molar-refractivity contribution is 6.02. The van der Waals surface area contributed by atoms with Crippen LogP contribution < -0.4 is 10.1 Å². The highest BCUT2D eigenvalue weighted by Gasteiger charge is 2.19. The molecule has 0 unspecified atom stereocenters. The summed E-state index contributed by atoms with van der Waals surface area (Å²) in [5.41, 5.74) is 3.95. The summed E-state index contributed by atoms with van der Waals surface area (Å²) in [5.74, 6) is 1.50. The zero-order valence-electron chi connectivity index (χ0n) is 19.2. The fourth-order valence-electron chi connectivity index (χ4n) is 3.83. The number of nitrogens with one attached hydrogen (secondary N) is 2. The van der Waals surface area contributed by atoms with Crippen molar-refractivity contribution in [1.82, 2.24) is 14.8 Å². The van der Waals surface area contributed by atoms with Crippen LogP contribution in [0.25, 0.3) is 17.1 Å². The van der Waals surface area contributed by atoms with E-state index in [1.54, 1.807) is 13.3 Å². The molecule has 174 valence electrons. The largest absolute Gasteiger partial charge is 0.491 e. The first-order chi connectivity index (χ1) is 16.2. The summed E-state index contributed by atoms with van der Waals surface area (Å²) in [4.78, 5) is 4.95. The van der Waals surface area contributed by atoms with Gasteiger partial charge in [-0.15, -0.1) is 0 Å². The van der Waals surface area contributed by atoms with Crippen molar-refractivity contribution in [3.05, 3.63) is 54.2 Å². The van der Waals surface area contributed by atoms with Gasteiger partial charge in [0.15, 0.2) is 0 Å². The minimum absolute atomic E-state index is 0.288. The molecule has 0 radical (unpaired) electrons. The number of aromatic nitrogens is 3. The van der Waals surface area contributed by atoms with Gasteiger partial charge in [0.2, 0.25) is 0 Å². The third-order valence-corrected chi connectivity index (χ3v) is 5.66. The molecule has 0 spiro atoms. The molecular formula is C25H31N5O3. The first-order valence-electron chi connectivity index (χ1n) is 11.4. The van der Waals surface area contributed by atoms with Crippen LogP contribution in [-0.2, 0) is 9.47 Å². The zero-order valence-corrected chi connectivity index (χ0v) is 19.2. The van der Waals surface area contributed by atoms with E-state index in [4.69, 9.17) is 24.6 Å². The Bertz CT molecular complexity index is 1080. The van der Waals surface area contributed by atoms with Gasteiger partial charge in [-0.2, -0.15) is 5.10 Å². The minimum Gasteiger partial charge on any atom is -0.491 e. The molecule has 1 aromatic carbocycles. The average Bonchev–Trinajstić information content (AvgIpc) is 3.35. The van der Waals surface area contributed by atoms with Crippen molar-refractivity contribution in [2.45, 2.75) is 32.2 Å². The second-order valence-electron chi connectivity index (χ2n) is 7.92. The summed E-state index contributed by atoms with van der Waals surface area (Å²) in [6.45, 7) is 4.49. The Hall–Kier alpha value is -3.23. The maximum absolute atomic E-state index is 8.41. The van der Waals surface area contributed by atoms with E-state index in [1.807, 2.05) is 54.1 Å². The van der Waals surface area contributed by atoms with E-state index < -0.39 is 0 Å². The third-order valence-electron chi connectivity index (χ3n) is 5.66. The van der Waals surface area contributed by atoms with E-state index in [2.05, 4.69) is 10.4 Å². The molecular weight excluding hydrogens is 418 g/mol. The van der Waals surface area contributed by atoms with Gasteiger partial charge in [0.05, 0.1) is 29.9 Å². The Morgan fingerprint density at radius 3 is 2.82 bits per heavy atom. The van der Waals surface area contributed by atoms with Crippen molar-refractivity contribution in [2.24, 2.45) is 0 Å². The lowest BCUT2D eigenvalue weighted by molar-refractivity contribution is 0.0904. The molecule has 0 amide bonds. The SMILES string of the molecule is CCC(=N)c1ccc(-c2ccnn2-c2cccc(OCCOC)c2)nc1NC1CCOCC1. The number of hydrogen-bond acceptors (Lipinski definition) is 7. The van der Waals surface area contributed by atoms with Crippen molar-refractivity contribution in [3.8, 4) is 22.8 Å². The monoisotopic (exact) mass is 449 g/mol. The van der Waals surface area contributed by atoms with Crippen LogP contribution in [0.15, 0.2) is 48.7 Å². The summed E-state index contributed by atoms with van der Waals surface area (Å²) in [5, 5.41) is 16.5. The van der Waals surface area contributed by atoms with E-state index in [0.717, 1.165) is 60.3 Å². The Labute approximate surface area is 194 Å². The molecule has 33 heavy (non-hydrogen) atoms. The van der Waals surface area contributed by atoms with E-state index in [1.165, 1.54) is 0 Å². The molecule has 2 aromatic heterocycles. The van der Waals surface area contributed by atoms with Crippen LogP contribution in [0.5, 0.6) is 5.75 Å². The third kappa shape index (κ3) is 5.58. The van der Waals surface area contributed by atoms with Gasteiger partial charge in [-0.1, -0.05) is 13.0 Å². The molecule has 0 bridgehead atoms. The van der Waals surface area contributed by atoms with E-state index in [-0.39, 0.29) is 6.04 Å². The normalized spacial score (nSPS) is 14.2. The summed E-state index contributed by atoms with van der Waals surface area (Å²) in [6, 6.07) is 14.0. The van der Waals surface area contributed by atoms with Crippen LogP contribution in [0.4, 0.5) is 5.82 Å². The maximum atomic E-state index is 8.41. The Morgan fingerprint density at radius 1 is 1.18 bits per heavy atom. The van der Waals surface area contributed by atoms with Crippen molar-refractivity contribution in [3.63, 3.8) is 0 Å². The van der Waals surface area contributed by atoms with Gasteiger partial charge in [-0.25, -0.2) is 9.67 Å². The van der Waals surface area contributed by atoms with Gasteiger partial charge in [-0.05, 0) is 49.6 Å². The lowest BCUT2D eigenvalue weighted by Crippen LogP contribution is -2.29. The van der Waals surface area contributed by atoms with Crippen molar-refractivity contribution >= 4 is 11.5 Å². The second-order valence-corrected chi connectivity index (χ2v) is 7.92. The van der Waals surface area contributed by atoms with Crippen LogP contribution >= 0.6 is 0 Å². The van der Waals surface area contributed by atoms with Crippen LogP contribution in [0.3, 0.4) is 0 Å². The molecule has 4 rings (SSSR count). The molecule has 1 aliphatic heterocycles. The molecule has 3 aromatic rings. The van der Waals surface area contributed by atoms with Gasteiger partial charge in [0.25, 0.3) is 0 Å². The number of benzene rings is 1. The predicted molar refractivity (Wildman–Crippen MR) is 129 cm³/mol. The Kier molecular flexibility index (Phi) is 7.70. The predicted octanol–water partition coefficient (Wildman–Crippen LogP) is 4.33. The van der Waals surface area contributed by atoms with Gasteiger partial charge in [0, 0.05) is 43.7 Å². The van der Waals surface area contributed by atoms with Crippen molar-refractivity contribution < 1.29 is 14.2 Å².